The third-order valence-electron chi connectivity index (χ3n) is 3.86. The molecule has 0 bridgehead atoms. The highest BCUT2D eigenvalue weighted by molar-refractivity contribution is 5.71. The van der Waals surface area contributed by atoms with E-state index in [0.29, 0.717) is 0 Å². The van der Waals surface area contributed by atoms with Crippen molar-refractivity contribution in [1.82, 2.24) is 0 Å². The zero-order chi connectivity index (χ0) is 13.3. The molecule has 0 aliphatic carbocycles. The molecular formula is C15H30O2. The zero-order valence-corrected chi connectivity index (χ0v) is 12.1. The topological polar surface area (TPSA) is 37.3 Å². The van der Waals surface area contributed by atoms with E-state index in [4.69, 9.17) is 0 Å². The lowest BCUT2D eigenvalue weighted by molar-refractivity contribution is -0.148. The third kappa shape index (κ3) is 4.69. The molecule has 0 rings (SSSR count). The predicted molar refractivity (Wildman–Crippen MR) is 73.2 cm³/mol. The summed E-state index contributed by atoms with van der Waals surface area (Å²) < 4.78 is 0. The maximum Gasteiger partial charge on any atom is 0.307 e. The maximum absolute atomic E-state index is 11.6. The number of hydrogen-bond acceptors (Lipinski definition) is 1. The van der Waals surface area contributed by atoms with Gasteiger partial charge in [-0.3, -0.25) is 4.79 Å². The van der Waals surface area contributed by atoms with Crippen molar-refractivity contribution in [3.63, 3.8) is 0 Å². The summed E-state index contributed by atoms with van der Waals surface area (Å²) in [5.41, 5.74) is 0.0418. The Morgan fingerprint density at radius 2 is 1.35 bits per heavy atom. The van der Waals surface area contributed by atoms with Crippen LogP contribution >= 0.6 is 0 Å². The van der Waals surface area contributed by atoms with Gasteiger partial charge in [0.05, 0.1) is 5.92 Å². The van der Waals surface area contributed by atoms with E-state index in [1.54, 1.807) is 0 Å². The molecule has 102 valence electrons. The first-order valence-electron chi connectivity index (χ1n) is 7.30. The molecule has 0 fully saturated rings. The van der Waals surface area contributed by atoms with Crippen LogP contribution in [0.4, 0.5) is 0 Å². The van der Waals surface area contributed by atoms with Crippen molar-refractivity contribution in [3.05, 3.63) is 0 Å². The molecule has 0 aliphatic heterocycles. The average Bonchev–Trinajstić information content (AvgIpc) is 2.26. The van der Waals surface area contributed by atoms with Crippen LogP contribution in [0.2, 0.25) is 0 Å². The third-order valence-corrected chi connectivity index (χ3v) is 3.86. The second-order valence-electron chi connectivity index (χ2n) is 5.29. The minimum absolute atomic E-state index is 0.0418. The molecule has 2 nitrogen and oxygen atoms in total. The highest BCUT2D eigenvalue weighted by atomic mass is 16.4. The van der Waals surface area contributed by atoms with Crippen molar-refractivity contribution in [2.75, 3.05) is 0 Å². The van der Waals surface area contributed by atoms with Gasteiger partial charge in [0.2, 0.25) is 0 Å². The SMILES string of the molecule is CCCC(C(=O)O)C(CCC)(CCC)CCC. The summed E-state index contributed by atoms with van der Waals surface area (Å²) in [5.74, 6) is -0.727. The van der Waals surface area contributed by atoms with E-state index in [-0.39, 0.29) is 11.3 Å². The minimum Gasteiger partial charge on any atom is -0.481 e. The van der Waals surface area contributed by atoms with Gasteiger partial charge in [-0.25, -0.2) is 0 Å². The van der Waals surface area contributed by atoms with Gasteiger partial charge >= 0.3 is 5.97 Å². The van der Waals surface area contributed by atoms with Crippen LogP contribution in [0.15, 0.2) is 0 Å². The fraction of sp³-hybridized carbons (Fsp3) is 0.933. The highest BCUT2D eigenvalue weighted by Gasteiger charge is 2.40. The Morgan fingerprint density at radius 3 is 1.59 bits per heavy atom. The summed E-state index contributed by atoms with van der Waals surface area (Å²) >= 11 is 0. The molecule has 0 radical (unpaired) electrons. The van der Waals surface area contributed by atoms with Gasteiger partial charge in [0.1, 0.15) is 0 Å². The molecule has 0 aromatic carbocycles. The van der Waals surface area contributed by atoms with E-state index in [1.807, 2.05) is 0 Å². The standard InChI is InChI=1S/C15H30O2/c1-5-9-13(14(16)17)15(10-6-2,11-7-3)12-8-4/h13H,5-12H2,1-4H3,(H,16,17). The van der Waals surface area contributed by atoms with Gasteiger partial charge in [-0.2, -0.15) is 0 Å². The molecule has 1 N–H and O–H groups in total. The van der Waals surface area contributed by atoms with E-state index >= 15 is 0 Å². The van der Waals surface area contributed by atoms with E-state index in [2.05, 4.69) is 27.7 Å². The number of carbonyl (C=O) groups is 1. The van der Waals surface area contributed by atoms with Crippen LogP contribution in [0.1, 0.15) is 79.1 Å². The van der Waals surface area contributed by atoms with Gasteiger partial charge in [0.15, 0.2) is 0 Å². The monoisotopic (exact) mass is 242 g/mol. The molecule has 0 heterocycles. The van der Waals surface area contributed by atoms with E-state index in [9.17, 15) is 9.90 Å². The molecule has 2 heteroatoms. The average molecular weight is 242 g/mol. The summed E-state index contributed by atoms with van der Waals surface area (Å²) in [6.45, 7) is 8.60. The molecule has 17 heavy (non-hydrogen) atoms. The number of carboxylic acids is 1. The number of carboxylic acid groups (broad SMARTS) is 1. The first kappa shape index (κ1) is 16.5. The van der Waals surface area contributed by atoms with Gasteiger partial charge in [0.25, 0.3) is 0 Å². The van der Waals surface area contributed by atoms with Crippen molar-refractivity contribution < 1.29 is 9.90 Å². The van der Waals surface area contributed by atoms with Crippen LogP contribution in [0.5, 0.6) is 0 Å². The molecule has 0 spiro atoms. The molecule has 0 aromatic heterocycles. The van der Waals surface area contributed by atoms with Crippen LogP contribution in [0, 0.1) is 11.3 Å². The maximum atomic E-state index is 11.6. The smallest absolute Gasteiger partial charge is 0.307 e. The first-order valence-corrected chi connectivity index (χ1v) is 7.30. The van der Waals surface area contributed by atoms with Crippen molar-refractivity contribution in [2.45, 2.75) is 79.1 Å². The molecule has 0 amide bonds. The van der Waals surface area contributed by atoms with E-state index in [1.165, 1.54) is 0 Å². The Morgan fingerprint density at radius 1 is 0.941 bits per heavy atom. The van der Waals surface area contributed by atoms with Crippen molar-refractivity contribution in [2.24, 2.45) is 11.3 Å². The Balaban J connectivity index is 5.08. The number of hydrogen-bond donors (Lipinski definition) is 1. The molecule has 0 aliphatic rings. The van der Waals surface area contributed by atoms with Crippen molar-refractivity contribution in [1.29, 1.82) is 0 Å². The van der Waals surface area contributed by atoms with Gasteiger partial charge in [-0.1, -0.05) is 53.4 Å². The molecule has 0 saturated carbocycles. The Hall–Kier alpha value is -0.530. The van der Waals surface area contributed by atoms with Crippen molar-refractivity contribution >= 4 is 5.97 Å². The molecule has 1 atom stereocenters. The fourth-order valence-corrected chi connectivity index (χ4v) is 3.37. The lowest BCUT2D eigenvalue weighted by atomic mass is 9.65. The summed E-state index contributed by atoms with van der Waals surface area (Å²) in [5, 5.41) is 9.52. The largest absolute Gasteiger partial charge is 0.481 e. The van der Waals surface area contributed by atoms with Gasteiger partial charge in [-0.15, -0.1) is 0 Å². The quantitative estimate of drug-likeness (QED) is 0.593. The Bertz CT molecular complexity index is 194. The van der Waals surface area contributed by atoms with Gasteiger partial charge in [0, 0.05) is 0 Å². The lowest BCUT2D eigenvalue weighted by Crippen LogP contribution is -2.36. The van der Waals surface area contributed by atoms with Crippen molar-refractivity contribution in [3.8, 4) is 0 Å². The second-order valence-corrected chi connectivity index (χ2v) is 5.29. The minimum atomic E-state index is -0.581. The summed E-state index contributed by atoms with van der Waals surface area (Å²) in [4.78, 5) is 11.6. The van der Waals surface area contributed by atoms with Gasteiger partial charge < -0.3 is 5.11 Å². The summed E-state index contributed by atoms with van der Waals surface area (Å²) in [6, 6.07) is 0. The fourth-order valence-electron chi connectivity index (χ4n) is 3.37. The summed E-state index contributed by atoms with van der Waals surface area (Å²) in [6.07, 6.45) is 8.25. The zero-order valence-electron chi connectivity index (χ0n) is 12.1. The Kier molecular flexibility index (Phi) is 8.28. The summed E-state index contributed by atoms with van der Waals surface area (Å²) in [7, 11) is 0. The second kappa shape index (κ2) is 8.54. The van der Waals surface area contributed by atoms with Crippen LogP contribution in [0.3, 0.4) is 0 Å². The van der Waals surface area contributed by atoms with E-state index < -0.39 is 5.97 Å². The molecule has 0 aromatic rings. The molecule has 1 unspecified atom stereocenters. The van der Waals surface area contributed by atoms with Crippen LogP contribution in [0.25, 0.3) is 0 Å². The van der Waals surface area contributed by atoms with Crippen LogP contribution in [-0.2, 0) is 4.79 Å². The normalized spacial score (nSPS) is 13.6. The van der Waals surface area contributed by atoms with Crippen LogP contribution < -0.4 is 0 Å². The van der Waals surface area contributed by atoms with E-state index in [0.717, 1.165) is 51.4 Å². The highest BCUT2D eigenvalue weighted by Crippen LogP contribution is 2.44. The number of aliphatic carboxylic acids is 1. The molecular weight excluding hydrogens is 212 g/mol. The predicted octanol–water partition coefficient (Wildman–Crippen LogP) is 4.87. The van der Waals surface area contributed by atoms with Crippen LogP contribution in [-0.4, -0.2) is 11.1 Å². The van der Waals surface area contributed by atoms with Gasteiger partial charge in [-0.05, 0) is 31.1 Å². The molecule has 0 saturated heterocycles. The number of rotatable bonds is 10. The Labute approximate surface area is 107 Å². The first-order chi connectivity index (χ1) is 8.07. The lowest BCUT2D eigenvalue weighted by Gasteiger charge is -2.39.